The molecule has 0 aromatic heterocycles. The van der Waals surface area contributed by atoms with Gasteiger partial charge in [-0.15, -0.1) is 7.55 Å². The SMILES string of the molecule is C=C1C(c2ccc(S(=O)(=O)O)cc2)=[PH]2CC1(C)C(c1ccc(S(=O)(=O)O)cc1)C2c1ccc(S(=O)(=O)O)cc1. The van der Waals surface area contributed by atoms with Crippen LogP contribution in [0.3, 0.4) is 0 Å². The van der Waals surface area contributed by atoms with Crippen LogP contribution >= 0.6 is 7.55 Å². The van der Waals surface area contributed by atoms with Crippen molar-refractivity contribution in [2.24, 2.45) is 5.41 Å². The van der Waals surface area contributed by atoms with E-state index in [1.54, 1.807) is 36.4 Å². The molecule has 5 rings (SSSR count). The zero-order chi connectivity index (χ0) is 28.5. The molecule has 3 aromatic rings. The van der Waals surface area contributed by atoms with Crippen LogP contribution in [0.1, 0.15) is 35.2 Å². The van der Waals surface area contributed by atoms with Crippen LogP contribution in [0.4, 0.5) is 0 Å². The molecule has 9 nitrogen and oxygen atoms in total. The van der Waals surface area contributed by atoms with Gasteiger partial charge in [-0.1, -0.05) is 49.9 Å². The van der Waals surface area contributed by atoms with Gasteiger partial charge in [0.1, 0.15) is 0 Å². The molecule has 4 unspecified atom stereocenters. The van der Waals surface area contributed by atoms with Crippen LogP contribution in [0.2, 0.25) is 0 Å². The minimum absolute atomic E-state index is 0.117. The van der Waals surface area contributed by atoms with Gasteiger partial charge in [-0.25, -0.2) is 0 Å². The number of hydrogen-bond acceptors (Lipinski definition) is 6. The summed E-state index contributed by atoms with van der Waals surface area (Å²) >= 11 is 0. The number of allylic oxidation sites excluding steroid dienone is 1. The lowest BCUT2D eigenvalue weighted by Gasteiger charge is -2.39. The molecule has 2 bridgehead atoms. The van der Waals surface area contributed by atoms with E-state index >= 15 is 0 Å². The Morgan fingerprint density at radius 2 is 1.08 bits per heavy atom. The van der Waals surface area contributed by atoms with Crippen molar-refractivity contribution < 1.29 is 38.9 Å². The highest BCUT2D eigenvalue weighted by atomic mass is 32.2. The molecular weight excluding hydrogens is 583 g/mol. The maximum atomic E-state index is 11.6. The molecule has 3 aromatic carbocycles. The number of benzene rings is 3. The second-order valence-corrected chi connectivity index (χ2v) is 16.8. The van der Waals surface area contributed by atoms with Gasteiger partial charge in [0.2, 0.25) is 0 Å². The first-order chi connectivity index (χ1) is 18.0. The molecule has 3 N–H and O–H groups in total. The molecule has 1 saturated heterocycles. The van der Waals surface area contributed by atoms with Crippen LogP contribution in [0.5, 0.6) is 0 Å². The molecule has 2 aliphatic heterocycles. The first-order valence-electron chi connectivity index (χ1n) is 11.7. The van der Waals surface area contributed by atoms with E-state index in [0.717, 1.165) is 33.7 Å². The van der Waals surface area contributed by atoms with Crippen LogP contribution in [-0.2, 0) is 30.4 Å². The van der Waals surface area contributed by atoms with Gasteiger partial charge in [0, 0.05) is 17.0 Å². The normalized spacial score (nSPS) is 25.3. The van der Waals surface area contributed by atoms with Crippen molar-refractivity contribution >= 4 is 43.2 Å². The van der Waals surface area contributed by atoms with Crippen molar-refractivity contribution in [3.05, 3.63) is 102 Å². The van der Waals surface area contributed by atoms with Gasteiger partial charge in [-0.05, 0) is 70.1 Å². The van der Waals surface area contributed by atoms with Crippen molar-refractivity contribution in [1.29, 1.82) is 0 Å². The summed E-state index contributed by atoms with van der Waals surface area (Å²) in [5.74, 6) is -0.160. The monoisotopic (exact) mass is 608 g/mol. The molecule has 0 saturated carbocycles. The van der Waals surface area contributed by atoms with E-state index in [-0.39, 0.29) is 26.3 Å². The molecule has 0 aliphatic carbocycles. The lowest BCUT2D eigenvalue weighted by atomic mass is 9.67. The lowest BCUT2D eigenvalue weighted by molar-refractivity contribution is 0.385. The highest BCUT2D eigenvalue weighted by Gasteiger charge is 2.56. The molecule has 0 radical (unpaired) electrons. The molecule has 0 amide bonds. The van der Waals surface area contributed by atoms with E-state index in [4.69, 9.17) is 0 Å². The van der Waals surface area contributed by atoms with Crippen LogP contribution in [-0.4, -0.2) is 50.4 Å². The maximum Gasteiger partial charge on any atom is 0.294 e. The highest BCUT2D eigenvalue weighted by molar-refractivity contribution is 7.86. The number of hydrogen-bond donors (Lipinski definition) is 3. The first-order valence-corrected chi connectivity index (χ1v) is 17.8. The van der Waals surface area contributed by atoms with Gasteiger partial charge in [-0.3, -0.25) is 13.7 Å². The molecule has 4 atom stereocenters. The molecule has 206 valence electrons. The van der Waals surface area contributed by atoms with Crippen molar-refractivity contribution in [2.75, 3.05) is 6.16 Å². The smallest absolute Gasteiger partial charge is 0.282 e. The predicted molar refractivity (Wildman–Crippen MR) is 149 cm³/mol. The fourth-order valence-electron chi connectivity index (χ4n) is 6.00. The van der Waals surface area contributed by atoms with Gasteiger partial charge in [0.25, 0.3) is 30.4 Å². The van der Waals surface area contributed by atoms with E-state index in [0.29, 0.717) is 0 Å². The Morgan fingerprint density at radius 1 is 0.692 bits per heavy atom. The average Bonchev–Trinajstić information content (AvgIpc) is 3.30. The zero-order valence-electron chi connectivity index (χ0n) is 20.5. The molecule has 1 fully saturated rings. The van der Waals surface area contributed by atoms with E-state index in [1.165, 1.54) is 36.4 Å². The fourth-order valence-corrected chi connectivity index (χ4v) is 12.1. The third-order valence-corrected chi connectivity index (χ3v) is 14.1. The molecule has 2 aliphatic rings. The fraction of sp³-hybridized carbons (Fsp3) is 0.192. The van der Waals surface area contributed by atoms with Crippen LogP contribution in [0.25, 0.3) is 0 Å². The quantitative estimate of drug-likeness (QED) is 0.274. The molecule has 0 spiro atoms. The molecule has 39 heavy (non-hydrogen) atoms. The van der Waals surface area contributed by atoms with Gasteiger partial charge >= 0.3 is 0 Å². The van der Waals surface area contributed by atoms with E-state index in [1.807, 2.05) is 0 Å². The van der Waals surface area contributed by atoms with E-state index in [2.05, 4.69) is 13.5 Å². The second-order valence-electron chi connectivity index (χ2n) is 10.0. The van der Waals surface area contributed by atoms with Crippen LogP contribution < -0.4 is 0 Å². The van der Waals surface area contributed by atoms with Crippen molar-refractivity contribution in [1.82, 2.24) is 0 Å². The Morgan fingerprint density at radius 3 is 1.49 bits per heavy atom. The number of fused-ring (bicyclic) bond motifs is 2. The number of rotatable bonds is 6. The molecule has 13 heteroatoms. The van der Waals surface area contributed by atoms with E-state index in [9.17, 15) is 38.9 Å². The first kappa shape index (κ1) is 28.0. The minimum atomic E-state index is -4.39. The predicted octanol–water partition coefficient (Wildman–Crippen LogP) is 4.28. The standard InChI is InChI=1S/C26H25O9PS3/c1-16-24(18-5-11-21(12-6-18)38(30,31)32)36-15-26(16,2)23(17-3-9-20(10-4-17)37(27,28)29)25(36)19-7-13-22(14-8-19)39(33,34)35/h3-14,23,25,36H,1,15H2,2H3,(H,27,28,29)(H,30,31,32)(H,33,34,35). The Bertz CT molecular complexity index is 1860. The van der Waals surface area contributed by atoms with Gasteiger partial charge in [-0.2, -0.15) is 25.3 Å². The zero-order valence-corrected chi connectivity index (χ0v) is 24.0. The van der Waals surface area contributed by atoms with Gasteiger partial charge in [0.15, 0.2) is 0 Å². The van der Waals surface area contributed by atoms with Crippen molar-refractivity contribution in [3.8, 4) is 0 Å². The van der Waals surface area contributed by atoms with Crippen LogP contribution in [0.15, 0.2) is 99.6 Å². The second kappa shape index (κ2) is 9.24. The summed E-state index contributed by atoms with van der Waals surface area (Å²) in [5, 5.41) is 1.01. The van der Waals surface area contributed by atoms with E-state index < -0.39 is 43.3 Å². The summed E-state index contributed by atoms with van der Waals surface area (Å²) in [5.41, 5.74) is 2.75. The largest absolute Gasteiger partial charge is 0.294 e. The Hall–Kier alpha value is -2.57. The Balaban J connectivity index is 1.69. The lowest BCUT2D eigenvalue weighted by Crippen LogP contribution is -2.30. The summed E-state index contributed by atoms with van der Waals surface area (Å²) in [6.45, 7) is 6.49. The summed E-state index contributed by atoms with van der Waals surface area (Å²) in [6.07, 6.45) is 0.765. The van der Waals surface area contributed by atoms with Crippen molar-refractivity contribution in [3.63, 3.8) is 0 Å². The summed E-state index contributed by atoms with van der Waals surface area (Å²) < 4.78 is 97.9. The summed E-state index contributed by atoms with van der Waals surface area (Å²) in [4.78, 5) is -0.688. The maximum absolute atomic E-state index is 11.6. The topological polar surface area (TPSA) is 163 Å². The average molecular weight is 609 g/mol. The third-order valence-electron chi connectivity index (χ3n) is 7.78. The van der Waals surface area contributed by atoms with Crippen molar-refractivity contribution in [2.45, 2.75) is 33.2 Å². The third kappa shape index (κ3) is 4.84. The van der Waals surface area contributed by atoms with Crippen LogP contribution in [0, 0.1) is 5.41 Å². The summed E-state index contributed by atoms with van der Waals surface area (Å²) in [7, 11) is -14.6. The Labute approximate surface area is 227 Å². The Kier molecular flexibility index (Phi) is 6.63. The highest BCUT2D eigenvalue weighted by Crippen LogP contribution is 2.74. The van der Waals surface area contributed by atoms with Gasteiger partial charge in [0.05, 0.1) is 14.7 Å². The van der Waals surface area contributed by atoms with Gasteiger partial charge < -0.3 is 0 Å². The molecular formula is C26H25O9PS3. The minimum Gasteiger partial charge on any atom is -0.282 e. The summed E-state index contributed by atoms with van der Waals surface area (Å²) in [6, 6.07) is 18.0. The molecule has 2 heterocycles.